The number of carbonyl (C=O) groups excluding carboxylic acids is 1. The molecule has 1 N–H and O–H groups in total. The number of ether oxygens (including phenoxy) is 10. The fourth-order valence-corrected chi connectivity index (χ4v) is 5.15. The summed E-state index contributed by atoms with van der Waals surface area (Å²) >= 11 is 0. The molecule has 1 fully saturated rings. The van der Waals surface area contributed by atoms with Crippen LogP contribution in [0.4, 0.5) is 5.69 Å². The molecule has 1 aromatic heterocycles. The Kier molecular flexibility index (Phi) is 21.7. The zero-order chi connectivity index (χ0) is 37.9. The number of nitrogens with zero attached hydrogens (tertiary/aromatic N) is 1. The van der Waals surface area contributed by atoms with Crippen LogP contribution in [0.1, 0.15) is 40.7 Å². The number of pyridine rings is 1. The highest BCUT2D eigenvalue weighted by Crippen LogP contribution is 2.34. The molecule has 2 aromatic carbocycles. The predicted molar refractivity (Wildman–Crippen MR) is 204 cm³/mol. The number of hydrogen-bond donors (Lipinski definition) is 1. The largest absolute Gasteiger partial charge is 0.490 e. The van der Waals surface area contributed by atoms with Gasteiger partial charge in [0.25, 0.3) is 5.91 Å². The van der Waals surface area contributed by atoms with Crippen molar-refractivity contribution < 1.29 is 52.2 Å². The summed E-state index contributed by atoms with van der Waals surface area (Å²) in [6.07, 6.45) is 5.36. The normalized spacial score (nSPS) is 12.9. The number of amides is 1. The van der Waals surface area contributed by atoms with Crippen LogP contribution >= 0.6 is 0 Å². The molecule has 0 unspecified atom stereocenters. The third-order valence-corrected chi connectivity index (χ3v) is 8.28. The van der Waals surface area contributed by atoms with E-state index in [1.165, 1.54) is 6.42 Å². The maximum Gasteiger partial charge on any atom is 0.255 e. The molecule has 0 bridgehead atoms. The summed E-state index contributed by atoms with van der Waals surface area (Å²) in [6, 6.07) is 17.1. The minimum Gasteiger partial charge on any atom is -0.490 e. The molecule has 298 valence electrons. The van der Waals surface area contributed by atoms with E-state index < -0.39 is 0 Å². The van der Waals surface area contributed by atoms with Crippen LogP contribution in [0.5, 0.6) is 5.75 Å². The summed E-state index contributed by atoms with van der Waals surface area (Å²) in [4.78, 5) is 17.9. The Morgan fingerprint density at radius 2 is 1.22 bits per heavy atom. The number of carbonyl (C=O) groups is 1. The van der Waals surface area contributed by atoms with Gasteiger partial charge < -0.3 is 52.7 Å². The first-order chi connectivity index (χ1) is 26.6. The van der Waals surface area contributed by atoms with Crippen molar-refractivity contribution in [1.29, 1.82) is 0 Å². The van der Waals surface area contributed by atoms with Gasteiger partial charge in [-0.05, 0) is 79.8 Å². The smallest absolute Gasteiger partial charge is 0.255 e. The van der Waals surface area contributed by atoms with Gasteiger partial charge in [0.05, 0.1) is 130 Å². The Balaban J connectivity index is 0.992. The lowest BCUT2D eigenvalue weighted by atomic mass is 9.96. The van der Waals surface area contributed by atoms with E-state index in [9.17, 15) is 4.79 Å². The van der Waals surface area contributed by atoms with Gasteiger partial charge in [-0.15, -0.1) is 0 Å². The molecule has 1 aliphatic carbocycles. The quantitative estimate of drug-likeness (QED) is 0.0830. The van der Waals surface area contributed by atoms with Gasteiger partial charge in [0, 0.05) is 24.4 Å². The van der Waals surface area contributed by atoms with Crippen LogP contribution in [0.15, 0.2) is 60.8 Å². The van der Waals surface area contributed by atoms with E-state index in [-0.39, 0.29) is 12.0 Å². The molecule has 1 amide bonds. The molecule has 13 heteroatoms. The zero-order valence-corrected chi connectivity index (χ0v) is 31.9. The fourth-order valence-electron chi connectivity index (χ4n) is 5.15. The summed E-state index contributed by atoms with van der Waals surface area (Å²) < 4.78 is 55.2. The zero-order valence-electron chi connectivity index (χ0n) is 31.9. The van der Waals surface area contributed by atoms with Crippen molar-refractivity contribution in [1.82, 2.24) is 4.98 Å². The van der Waals surface area contributed by atoms with E-state index in [2.05, 4.69) is 10.3 Å². The minimum atomic E-state index is -0.212. The number of nitrogens with one attached hydrogen (secondary N) is 1. The maximum absolute atomic E-state index is 13.4. The van der Waals surface area contributed by atoms with Gasteiger partial charge in [0.1, 0.15) is 5.75 Å². The van der Waals surface area contributed by atoms with E-state index >= 15 is 0 Å². The summed E-state index contributed by atoms with van der Waals surface area (Å²) in [7, 11) is 1.64. The van der Waals surface area contributed by atoms with Crippen LogP contribution in [0, 0.1) is 6.92 Å². The average Bonchev–Trinajstić information content (AvgIpc) is 3.17. The lowest BCUT2D eigenvalue weighted by Crippen LogP contribution is -2.24. The number of rotatable bonds is 31. The molecule has 4 rings (SSSR count). The molecule has 0 atom stereocenters. The second kappa shape index (κ2) is 27.1. The highest BCUT2D eigenvalue weighted by Gasteiger charge is 2.20. The van der Waals surface area contributed by atoms with Crippen molar-refractivity contribution in [2.45, 2.75) is 38.9 Å². The average molecular weight is 755 g/mol. The molecule has 1 saturated carbocycles. The lowest BCUT2D eigenvalue weighted by molar-refractivity contribution is -0.0246. The SMILES string of the molecule is COCCOCCOCCOCCOCCOCCOCCOCCOCc1cccc(C(=O)Nc2ccc(OC3CCC3)cc2-c2cc(C)ccn2)c1. The third kappa shape index (κ3) is 17.8. The van der Waals surface area contributed by atoms with E-state index in [4.69, 9.17) is 47.4 Å². The van der Waals surface area contributed by atoms with Crippen molar-refractivity contribution in [2.24, 2.45) is 0 Å². The number of hydrogen-bond acceptors (Lipinski definition) is 12. The summed E-state index contributed by atoms with van der Waals surface area (Å²) in [6.45, 7) is 10.4. The van der Waals surface area contributed by atoms with Gasteiger partial charge in [-0.25, -0.2) is 0 Å². The van der Waals surface area contributed by atoms with Crippen molar-refractivity contribution in [3.8, 4) is 17.0 Å². The van der Waals surface area contributed by atoms with Crippen LogP contribution in [-0.4, -0.2) is 130 Å². The molecular formula is C41H58N2O11. The molecule has 0 aliphatic heterocycles. The lowest BCUT2D eigenvalue weighted by Gasteiger charge is -2.26. The van der Waals surface area contributed by atoms with Crippen LogP contribution < -0.4 is 10.1 Å². The number of anilines is 1. The first kappa shape index (κ1) is 43.2. The second-order valence-corrected chi connectivity index (χ2v) is 12.6. The highest BCUT2D eigenvalue weighted by molar-refractivity contribution is 6.06. The Hall–Kier alpha value is -3.50. The fraction of sp³-hybridized carbons (Fsp3) is 0.561. The second-order valence-electron chi connectivity index (χ2n) is 12.6. The molecule has 1 aliphatic rings. The minimum absolute atomic E-state index is 0.212. The Labute approximate surface area is 319 Å². The number of benzene rings is 2. The number of aryl methyl sites for hydroxylation is 1. The molecule has 3 aromatic rings. The first-order valence-corrected chi connectivity index (χ1v) is 18.9. The Morgan fingerprint density at radius 1 is 0.667 bits per heavy atom. The van der Waals surface area contributed by atoms with Gasteiger partial charge in [-0.2, -0.15) is 0 Å². The van der Waals surface area contributed by atoms with E-state index in [1.54, 1.807) is 19.4 Å². The summed E-state index contributed by atoms with van der Waals surface area (Å²) in [5.41, 5.74) is 4.79. The monoisotopic (exact) mass is 754 g/mol. The Bertz CT molecular complexity index is 1460. The summed E-state index contributed by atoms with van der Waals surface area (Å²) in [5.74, 6) is 0.569. The molecular weight excluding hydrogens is 696 g/mol. The number of methoxy groups -OCH3 is 1. The van der Waals surface area contributed by atoms with Crippen LogP contribution in [-0.2, 0) is 49.2 Å². The van der Waals surface area contributed by atoms with Gasteiger partial charge in [-0.3, -0.25) is 9.78 Å². The van der Waals surface area contributed by atoms with Gasteiger partial charge in [0.15, 0.2) is 0 Å². The van der Waals surface area contributed by atoms with Crippen molar-refractivity contribution in [2.75, 3.05) is 118 Å². The molecule has 54 heavy (non-hydrogen) atoms. The van der Waals surface area contributed by atoms with E-state index in [0.29, 0.717) is 124 Å². The van der Waals surface area contributed by atoms with E-state index in [1.807, 2.05) is 55.5 Å². The van der Waals surface area contributed by atoms with Gasteiger partial charge in [-0.1, -0.05) is 12.1 Å². The van der Waals surface area contributed by atoms with E-state index in [0.717, 1.165) is 41.0 Å². The molecule has 13 nitrogen and oxygen atoms in total. The molecule has 0 radical (unpaired) electrons. The van der Waals surface area contributed by atoms with Gasteiger partial charge >= 0.3 is 0 Å². The predicted octanol–water partition coefficient (Wildman–Crippen LogP) is 5.52. The van der Waals surface area contributed by atoms with Crippen LogP contribution in [0.3, 0.4) is 0 Å². The topological polar surface area (TPSA) is 134 Å². The third-order valence-electron chi connectivity index (χ3n) is 8.28. The summed E-state index contributed by atoms with van der Waals surface area (Å²) in [5, 5.41) is 3.08. The molecule has 0 spiro atoms. The van der Waals surface area contributed by atoms with Crippen molar-refractivity contribution >= 4 is 11.6 Å². The number of aromatic nitrogens is 1. The molecule has 0 saturated heterocycles. The van der Waals surface area contributed by atoms with Crippen LogP contribution in [0.25, 0.3) is 11.3 Å². The highest BCUT2D eigenvalue weighted by atomic mass is 16.6. The van der Waals surface area contributed by atoms with Crippen molar-refractivity contribution in [3.05, 3.63) is 77.5 Å². The van der Waals surface area contributed by atoms with Crippen LogP contribution in [0.2, 0.25) is 0 Å². The maximum atomic E-state index is 13.4. The standard InChI is InChI=1S/C41H58N2O11/c1-33-11-12-42-40(29-33)38-31-37(54-36-7-4-8-36)9-10-39(38)43-41(44)35-6-3-5-34(30-35)32-53-28-27-52-26-25-51-24-23-50-22-21-49-20-19-48-18-17-47-16-15-46-14-13-45-2/h3,5-6,9-12,29-31,36H,4,7-8,13-28,32H2,1-2H3,(H,43,44). The van der Waals surface area contributed by atoms with Gasteiger partial charge in [0.2, 0.25) is 0 Å². The first-order valence-electron chi connectivity index (χ1n) is 18.9. The Morgan fingerprint density at radius 3 is 1.74 bits per heavy atom. The molecule has 1 heterocycles. The van der Waals surface area contributed by atoms with Crippen molar-refractivity contribution in [3.63, 3.8) is 0 Å².